The highest BCUT2D eigenvalue weighted by atomic mass is 32.2. The van der Waals surface area contributed by atoms with Gasteiger partial charge in [-0.1, -0.05) is 12.2 Å². The maximum atomic E-state index is 11.6. The number of carbonyl (C=O) groups excluding carboxylic acids is 1. The summed E-state index contributed by atoms with van der Waals surface area (Å²) in [5, 5.41) is 0. The van der Waals surface area contributed by atoms with E-state index in [0.29, 0.717) is 0 Å². The molecule has 0 fully saturated rings. The summed E-state index contributed by atoms with van der Waals surface area (Å²) < 4.78 is 30.1. The molecule has 0 aliphatic heterocycles. The lowest BCUT2D eigenvalue weighted by Gasteiger charge is -2.22. The van der Waals surface area contributed by atoms with Crippen LogP contribution in [0.5, 0.6) is 0 Å². The lowest BCUT2D eigenvalue weighted by Crippen LogP contribution is -2.49. The average Bonchev–Trinajstić information content (AvgIpc) is 2.14. The zero-order valence-electron chi connectivity index (χ0n) is 9.26. The van der Waals surface area contributed by atoms with E-state index in [9.17, 15) is 13.2 Å². The van der Waals surface area contributed by atoms with E-state index in [2.05, 4.69) is 17.0 Å². The van der Waals surface area contributed by atoms with Gasteiger partial charge < -0.3 is 10.5 Å². The van der Waals surface area contributed by atoms with Crippen LogP contribution in [0.2, 0.25) is 0 Å². The van der Waals surface area contributed by atoms with Crippen LogP contribution in [-0.2, 0) is 14.9 Å². The van der Waals surface area contributed by atoms with Gasteiger partial charge in [-0.05, 0) is 13.8 Å². The molecule has 1 unspecified atom stereocenters. The van der Waals surface area contributed by atoms with Crippen LogP contribution in [0.15, 0.2) is 0 Å². The summed E-state index contributed by atoms with van der Waals surface area (Å²) in [5.41, 5.74) is 5.30. The van der Waals surface area contributed by atoms with E-state index < -0.39 is 22.3 Å². The first-order valence-electron chi connectivity index (χ1n) is 4.44. The van der Waals surface area contributed by atoms with Crippen molar-refractivity contribution in [1.29, 1.82) is 0 Å². The van der Waals surface area contributed by atoms with Crippen LogP contribution in [0, 0.1) is 0 Å². The van der Waals surface area contributed by atoms with Crippen molar-refractivity contribution in [3.05, 3.63) is 0 Å². The molecule has 0 aromatic rings. The number of rotatable bonds is 5. The number of thiocarbonyl (C=S) groups is 1. The van der Waals surface area contributed by atoms with E-state index >= 15 is 0 Å². The molecule has 1 atom stereocenters. The Labute approximate surface area is 100 Å². The van der Waals surface area contributed by atoms with Gasteiger partial charge in [0.15, 0.2) is 0 Å². The van der Waals surface area contributed by atoms with Gasteiger partial charge in [0, 0.05) is 7.05 Å². The van der Waals surface area contributed by atoms with Gasteiger partial charge in [0.1, 0.15) is 0 Å². The van der Waals surface area contributed by atoms with E-state index in [1.54, 1.807) is 11.6 Å². The van der Waals surface area contributed by atoms with Crippen molar-refractivity contribution in [2.24, 2.45) is 5.73 Å². The number of nitrogens with zero attached hydrogens (tertiary/aromatic N) is 1. The highest BCUT2D eigenvalue weighted by molar-refractivity contribution is 7.87. The number of nitrogens with two attached hydrogens (primary N) is 1. The second-order valence-electron chi connectivity index (χ2n) is 2.92. The Bertz CT molecular complexity index is 368. The molecule has 94 valence electrons. The molecule has 0 saturated carbocycles. The van der Waals surface area contributed by atoms with Crippen LogP contribution >= 0.6 is 12.2 Å². The third kappa shape index (κ3) is 4.29. The SMILES string of the molecule is CCOC(=O)NS(=O)(=O)N(C)C(C)C(N)=S. The van der Waals surface area contributed by atoms with Crippen molar-refractivity contribution in [1.82, 2.24) is 9.03 Å². The Balaban J connectivity index is 4.67. The summed E-state index contributed by atoms with van der Waals surface area (Å²) in [4.78, 5) is 11.0. The monoisotopic (exact) mass is 269 g/mol. The Morgan fingerprint density at radius 3 is 2.50 bits per heavy atom. The zero-order chi connectivity index (χ0) is 12.9. The van der Waals surface area contributed by atoms with E-state index in [0.717, 1.165) is 4.31 Å². The topological polar surface area (TPSA) is 102 Å². The minimum atomic E-state index is -3.98. The molecule has 0 aliphatic rings. The summed E-state index contributed by atoms with van der Waals surface area (Å²) in [6, 6.07) is -0.693. The second kappa shape index (κ2) is 5.97. The van der Waals surface area contributed by atoms with Gasteiger partial charge >= 0.3 is 16.3 Å². The largest absolute Gasteiger partial charge is 0.449 e. The van der Waals surface area contributed by atoms with Crippen LogP contribution in [-0.4, -0.2) is 43.5 Å². The van der Waals surface area contributed by atoms with Crippen molar-refractivity contribution in [3.63, 3.8) is 0 Å². The lowest BCUT2D eigenvalue weighted by atomic mass is 10.3. The number of nitrogens with one attached hydrogen (secondary N) is 1. The number of ether oxygens (including phenoxy) is 1. The lowest BCUT2D eigenvalue weighted by molar-refractivity contribution is 0.158. The summed E-state index contributed by atoms with van der Waals surface area (Å²) in [6.07, 6.45) is -1.04. The predicted octanol–water partition coefficient (Wildman–Crippen LogP) is -0.416. The van der Waals surface area contributed by atoms with Crippen LogP contribution < -0.4 is 10.5 Å². The van der Waals surface area contributed by atoms with Gasteiger partial charge in [-0.15, -0.1) is 0 Å². The first-order chi connectivity index (χ1) is 7.22. The van der Waals surface area contributed by atoms with Crippen molar-refractivity contribution < 1.29 is 17.9 Å². The maximum absolute atomic E-state index is 11.6. The first kappa shape index (κ1) is 15.1. The summed E-state index contributed by atoms with van der Waals surface area (Å²) in [7, 11) is -2.73. The first-order valence-corrected chi connectivity index (χ1v) is 6.29. The van der Waals surface area contributed by atoms with Crippen LogP contribution in [0.3, 0.4) is 0 Å². The molecule has 16 heavy (non-hydrogen) atoms. The third-order valence-corrected chi connectivity index (χ3v) is 3.66. The minimum Gasteiger partial charge on any atom is -0.449 e. The highest BCUT2D eigenvalue weighted by Crippen LogP contribution is 2.02. The summed E-state index contributed by atoms with van der Waals surface area (Å²) in [5.74, 6) is 0. The third-order valence-electron chi connectivity index (χ3n) is 1.82. The molecule has 3 N–H and O–H groups in total. The molecule has 0 rings (SSSR count). The van der Waals surface area contributed by atoms with Gasteiger partial charge in [0.25, 0.3) is 0 Å². The van der Waals surface area contributed by atoms with Gasteiger partial charge in [0.2, 0.25) is 0 Å². The Morgan fingerprint density at radius 1 is 1.62 bits per heavy atom. The zero-order valence-corrected chi connectivity index (χ0v) is 10.9. The quantitative estimate of drug-likeness (QED) is 0.657. The smallest absolute Gasteiger partial charge is 0.421 e. The second-order valence-corrected chi connectivity index (χ2v) is 5.12. The Morgan fingerprint density at radius 2 is 2.12 bits per heavy atom. The number of carbonyl (C=O) groups is 1. The Hall–Kier alpha value is -0.930. The van der Waals surface area contributed by atoms with Gasteiger partial charge in [-0.2, -0.15) is 12.7 Å². The predicted molar refractivity (Wildman–Crippen MR) is 63.1 cm³/mol. The van der Waals surface area contributed by atoms with Gasteiger partial charge in [0.05, 0.1) is 17.6 Å². The fourth-order valence-electron chi connectivity index (χ4n) is 0.725. The number of likely N-dealkylation sites (N-methyl/N-ethyl adjacent to an activating group) is 1. The summed E-state index contributed by atoms with van der Waals surface area (Å²) >= 11 is 4.66. The molecule has 7 nitrogen and oxygen atoms in total. The van der Waals surface area contributed by atoms with Gasteiger partial charge in [-0.3, -0.25) is 0 Å². The van der Waals surface area contributed by atoms with E-state index in [4.69, 9.17) is 5.73 Å². The van der Waals surface area contributed by atoms with Crippen molar-refractivity contribution >= 4 is 33.5 Å². The highest BCUT2D eigenvalue weighted by Gasteiger charge is 2.26. The standard InChI is InChI=1S/C7H15N3O4S2/c1-4-14-7(11)9-16(12,13)10(3)5(2)6(8)15/h5H,4H2,1-3H3,(H2,8,15)(H,9,11). The summed E-state index contributed by atoms with van der Waals surface area (Å²) in [6.45, 7) is 3.15. The number of hydrogen-bond acceptors (Lipinski definition) is 5. The molecule has 0 aromatic carbocycles. The molecular formula is C7H15N3O4S2. The van der Waals surface area contributed by atoms with Crippen LogP contribution in [0.25, 0.3) is 0 Å². The molecule has 0 heterocycles. The molecule has 0 aromatic heterocycles. The molecule has 9 heteroatoms. The van der Waals surface area contributed by atoms with Crippen molar-refractivity contribution in [3.8, 4) is 0 Å². The molecular weight excluding hydrogens is 254 g/mol. The van der Waals surface area contributed by atoms with E-state index in [1.165, 1.54) is 14.0 Å². The molecule has 0 saturated heterocycles. The molecule has 0 aliphatic carbocycles. The van der Waals surface area contributed by atoms with Crippen molar-refractivity contribution in [2.75, 3.05) is 13.7 Å². The molecule has 1 amide bonds. The number of amides is 1. The van der Waals surface area contributed by atoms with Crippen LogP contribution in [0.1, 0.15) is 13.8 Å². The normalized spacial score (nSPS) is 13.2. The molecule has 0 bridgehead atoms. The minimum absolute atomic E-state index is 0.0109. The fourth-order valence-corrected chi connectivity index (χ4v) is 1.89. The van der Waals surface area contributed by atoms with Crippen molar-refractivity contribution in [2.45, 2.75) is 19.9 Å². The van der Waals surface area contributed by atoms with E-state index in [-0.39, 0.29) is 11.6 Å². The molecule has 0 spiro atoms. The average molecular weight is 269 g/mol. The van der Waals surface area contributed by atoms with Crippen LogP contribution in [0.4, 0.5) is 4.79 Å². The fraction of sp³-hybridized carbons (Fsp3) is 0.714. The maximum Gasteiger partial charge on any atom is 0.421 e. The van der Waals surface area contributed by atoms with E-state index in [1.807, 2.05) is 0 Å². The number of hydrogen-bond donors (Lipinski definition) is 2. The molecule has 0 radical (unpaired) electrons. The van der Waals surface area contributed by atoms with Gasteiger partial charge in [-0.25, -0.2) is 9.52 Å². The Kier molecular flexibility index (Phi) is 5.62.